The van der Waals surface area contributed by atoms with Gasteiger partial charge in [0.2, 0.25) is 0 Å². The van der Waals surface area contributed by atoms with Crippen molar-refractivity contribution in [2.75, 3.05) is 0 Å². The SMILES string of the molecule is O=C(O)C(=O)/C=C(\O)c1nc2c(ncn2Cc2ccccc2)c(=O)n1Cc1ccccc1. The highest BCUT2D eigenvalue weighted by atomic mass is 16.4. The molecule has 2 N–H and O–H groups in total. The summed E-state index contributed by atoms with van der Waals surface area (Å²) in [6, 6.07) is 18.5. The number of benzene rings is 2. The Hall–Kier alpha value is -4.53. The second-order valence-corrected chi connectivity index (χ2v) is 7.04. The molecule has 2 heterocycles. The number of fused-ring (bicyclic) bond motifs is 1. The zero-order valence-corrected chi connectivity index (χ0v) is 16.8. The molecule has 0 amide bonds. The van der Waals surface area contributed by atoms with Gasteiger partial charge in [0.15, 0.2) is 22.7 Å². The average Bonchev–Trinajstić information content (AvgIpc) is 3.19. The number of rotatable bonds is 7. The number of aliphatic hydroxyl groups excluding tert-OH is 1. The van der Waals surface area contributed by atoms with Crippen LogP contribution in [-0.2, 0) is 22.7 Å². The molecule has 0 bridgehead atoms. The van der Waals surface area contributed by atoms with Crippen molar-refractivity contribution in [3.63, 3.8) is 0 Å². The van der Waals surface area contributed by atoms with E-state index in [0.717, 1.165) is 11.1 Å². The molecule has 0 saturated carbocycles. The Morgan fingerprint density at radius 2 is 1.50 bits per heavy atom. The topological polar surface area (TPSA) is 127 Å². The van der Waals surface area contributed by atoms with E-state index in [9.17, 15) is 19.5 Å². The molecular weight excluding hydrogens is 412 g/mol. The van der Waals surface area contributed by atoms with Crippen LogP contribution in [0.2, 0.25) is 0 Å². The van der Waals surface area contributed by atoms with Gasteiger partial charge in [0.05, 0.1) is 19.4 Å². The van der Waals surface area contributed by atoms with Gasteiger partial charge in [0.1, 0.15) is 0 Å². The van der Waals surface area contributed by atoms with Crippen molar-refractivity contribution < 1.29 is 19.8 Å². The highest BCUT2D eigenvalue weighted by Crippen LogP contribution is 2.16. The lowest BCUT2D eigenvalue weighted by atomic mass is 10.2. The van der Waals surface area contributed by atoms with Gasteiger partial charge >= 0.3 is 5.97 Å². The highest BCUT2D eigenvalue weighted by molar-refractivity contribution is 6.38. The Balaban J connectivity index is 1.88. The standard InChI is InChI=1S/C23H18N4O5/c28-17(11-18(29)23(31)32)20-25-21-19(22(30)27(20)13-16-9-5-2-6-10-16)24-14-26(21)12-15-7-3-1-4-8-15/h1-11,14,28H,12-13H2,(H,31,32)/b17-11-. The van der Waals surface area contributed by atoms with Crippen LogP contribution >= 0.6 is 0 Å². The van der Waals surface area contributed by atoms with Gasteiger partial charge in [-0.15, -0.1) is 0 Å². The third kappa shape index (κ3) is 4.17. The van der Waals surface area contributed by atoms with E-state index < -0.39 is 23.1 Å². The number of aromatic nitrogens is 4. The second-order valence-electron chi connectivity index (χ2n) is 7.04. The molecule has 9 heteroatoms. The molecule has 4 rings (SSSR count). The van der Waals surface area contributed by atoms with Crippen LogP contribution in [0.15, 0.2) is 77.9 Å². The third-order valence-corrected chi connectivity index (χ3v) is 4.81. The molecule has 4 aromatic rings. The number of hydrogen-bond acceptors (Lipinski definition) is 6. The Bertz CT molecular complexity index is 1390. The predicted molar refractivity (Wildman–Crippen MR) is 116 cm³/mol. The van der Waals surface area contributed by atoms with Gasteiger partial charge in [-0.05, 0) is 11.1 Å². The molecule has 0 atom stereocenters. The fourth-order valence-electron chi connectivity index (χ4n) is 3.28. The first-order chi connectivity index (χ1) is 15.4. The Morgan fingerprint density at radius 1 is 0.906 bits per heavy atom. The average molecular weight is 430 g/mol. The quantitative estimate of drug-likeness (QED) is 0.261. The summed E-state index contributed by atoms with van der Waals surface area (Å²) in [7, 11) is 0. The molecule has 2 aromatic heterocycles. The number of ketones is 1. The molecular formula is C23H18N4O5. The van der Waals surface area contributed by atoms with Crippen LogP contribution in [0.5, 0.6) is 0 Å². The Labute approximate surface area is 181 Å². The zero-order chi connectivity index (χ0) is 22.7. The molecule has 0 aliphatic heterocycles. The number of carbonyl (C=O) groups is 2. The lowest BCUT2D eigenvalue weighted by Gasteiger charge is -2.12. The van der Waals surface area contributed by atoms with Gasteiger partial charge < -0.3 is 14.8 Å². The molecule has 160 valence electrons. The van der Waals surface area contributed by atoms with E-state index in [1.54, 1.807) is 28.8 Å². The van der Waals surface area contributed by atoms with Gasteiger partial charge in [-0.2, -0.15) is 0 Å². The van der Waals surface area contributed by atoms with Crippen molar-refractivity contribution in [1.29, 1.82) is 0 Å². The molecule has 0 aliphatic rings. The van der Waals surface area contributed by atoms with E-state index in [1.807, 2.05) is 36.4 Å². The van der Waals surface area contributed by atoms with Crippen LogP contribution in [0.25, 0.3) is 16.9 Å². The van der Waals surface area contributed by atoms with Crippen LogP contribution < -0.4 is 5.56 Å². The minimum atomic E-state index is -1.73. The molecule has 32 heavy (non-hydrogen) atoms. The number of nitrogens with zero attached hydrogens (tertiary/aromatic N) is 4. The summed E-state index contributed by atoms with van der Waals surface area (Å²) >= 11 is 0. The fourth-order valence-corrected chi connectivity index (χ4v) is 3.28. The maximum Gasteiger partial charge on any atom is 0.376 e. The number of hydrogen-bond donors (Lipinski definition) is 2. The van der Waals surface area contributed by atoms with Gasteiger partial charge in [0.25, 0.3) is 11.3 Å². The smallest absolute Gasteiger partial charge is 0.376 e. The summed E-state index contributed by atoms with van der Waals surface area (Å²) in [5, 5.41) is 19.4. The van der Waals surface area contributed by atoms with Crippen LogP contribution in [0, 0.1) is 0 Å². The van der Waals surface area contributed by atoms with Crippen LogP contribution in [0.4, 0.5) is 0 Å². The molecule has 2 aromatic carbocycles. The second kappa shape index (κ2) is 8.68. The van der Waals surface area contributed by atoms with Gasteiger partial charge in [-0.1, -0.05) is 60.7 Å². The first-order valence-corrected chi connectivity index (χ1v) is 9.66. The minimum absolute atomic E-state index is 0.0443. The maximum absolute atomic E-state index is 13.3. The molecule has 0 fully saturated rings. The number of carbonyl (C=O) groups excluding carboxylic acids is 1. The first-order valence-electron chi connectivity index (χ1n) is 9.66. The van der Waals surface area contributed by atoms with E-state index >= 15 is 0 Å². The molecule has 0 aliphatic carbocycles. The Morgan fingerprint density at radius 3 is 2.09 bits per heavy atom. The van der Waals surface area contributed by atoms with E-state index in [1.165, 1.54) is 10.9 Å². The van der Waals surface area contributed by atoms with Gasteiger partial charge in [-0.3, -0.25) is 14.2 Å². The molecule has 0 unspecified atom stereocenters. The third-order valence-electron chi connectivity index (χ3n) is 4.81. The predicted octanol–water partition coefficient (Wildman–Crippen LogP) is 2.24. The normalized spacial score (nSPS) is 11.6. The summed E-state index contributed by atoms with van der Waals surface area (Å²) in [6.45, 7) is 0.424. The molecule has 0 spiro atoms. The summed E-state index contributed by atoms with van der Waals surface area (Å²) in [4.78, 5) is 44.4. The van der Waals surface area contributed by atoms with Crippen molar-refractivity contribution >= 4 is 28.7 Å². The summed E-state index contributed by atoms with van der Waals surface area (Å²) in [6.07, 6.45) is 2.02. The lowest BCUT2D eigenvalue weighted by molar-refractivity contribution is -0.146. The van der Waals surface area contributed by atoms with Crippen molar-refractivity contribution in [2.45, 2.75) is 13.1 Å². The Kier molecular flexibility index (Phi) is 5.63. The number of aliphatic carboxylic acids is 1. The van der Waals surface area contributed by atoms with Crippen LogP contribution in [-0.4, -0.2) is 41.1 Å². The van der Waals surface area contributed by atoms with Crippen molar-refractivity contribution in [3.8, 4) is 0 Å². The fraction of sp³-hybridized carbons (Fsp3) is 0.0870. The molecule has 0 radical (unpaired) electrons. The van der Waals surface area contributed by atoms with Gasteiger partial charge in [0, 0.05) is 6.08 Å². The summed E-state index contributed by atoms with van der Waals surface area (Å²) in [5.41, 5.74) is 1.48. The van der Waals surface area contributed by atoms with Crippen LogP contribution in [0.1, 0.15) is 17.0 Å². The number of carboxylic acid groups (broad SMARTS) is 1. The minimum Gasteiger partial charge on any atom is -0.504 e. The molecule has 9 nitrogen and oxygen atoms in total. The molecule has 0 saturated heterocycles. The van der Waals surface area contributed by atoms with E-state index in [0.29, 0.717) is 12.6 Å². The van der Waals surface area contributed by atoms with Crippen molar-refractivity contribution in [3.05, 3.63) is 100 Å². The summed E-state index contributed by atoms with van der Waals surface area (Å²) < 4.78 is 2.81. The highest BCUT2D eigenvalue weighted by Gasteiger charge is 2.20. The van der Waals surface area contributed by atoms with E-state index in [-0.39, 0.29) is 23.5 Å². The zero-order valence-electron chi connectivity index (χ0n) is 16.8. The van der Waals surface area contributed by atoms with Crippen LogP contribution in [0.3, 0.4) is 0 Å². The van der Waals surface area contributed by atoms with Crippen molar-refractivity contribution in [2.24, 2.45) is 0 Å². The van der Waals surface area contributed by atoms with E-state index in [4.69, 9.17) is 5.11 Å². The van der Waals surface area contributed by atoms with Gasteiger partial charge in [-0.25, -0.2) is 14.8 Å². The summed E-state index contributed by atoms with van der Waals surface area (Å²) in [5.74, 6) is -4.01. The maximum atomic E-state index is 13.3. The van der Waals surface area contributed by atoms with Crippen molar-refractivity contribution in [1.82, 2.24) is 19.1 Å². The lowest BCUT2D eigenvalue weighted by Crippen LogP contribution is -2.26. The first kappa shape index (κ1) is 20.7. The van der Waals surface area contributed by atoms with E-state index in [2.05, 4.69) is 9.97 Å². The number of imidazole rings is 1. The number of aliphatic hydroxyl groups is 1. The largest absolute Gasteiger partial charge is 0.504 e. The number of carboxylic acids is 1. The monoisotopic (exact) mass is 430 g/mol.